The van der Waals surface area contributed by atoms with Crippen molar-refractivity contribution in [3.8, 4) is 0 Å². The van der Waals surface area contributed by atoms with Crippen LogP contribution in [0.3, 0.4) is 0 Å². The number of carboxylic acids is 1. The number of nitrogen functional groups attached to an aromatic ring is 1. The number of aromatic carboxylic acids is 1. The van der Waals surface area contributed by atoms with Crippen LogP contribution in [0.4, 0.5) is 5.69 Å². The minimum absolute atomic E-state index is 0.215. The normalized spacial score (nSPS) is 10.5. The molecule has 0 spiro atoms. The molecule has 3 nitrogen and oxygen atoms in total. The monoisotopic (exact) mass is 317 g/mol. The Hall–Kier alpha value is -3.07. The fraction of sp³-hybridized carbons (Fsp3) is 0.0952. The molecule has 0 aliphatic heterocycles. The van der Waals surface area contributed by atoms with Crippen molar-refractivity contribution in [1.82, 2.24) is 0 Å². The highest BCUT2D eigenvalue weighted by Crippen LogP contribution is 2.26. The van der Waals surface area contributed by atoms with E-state index in [1.807, 2.05) is 72.8 Å². The van der Waals surface area contributed by atoms with Gasteiger partial charge in [0.15, 0.2) is 0 Å². The second-order valence-electron chi connectivity index (χ2n) is 5.80. The van der Waals surface area contributed by atoms with Crippen LogP contribution in [0.25, 0.3) is 0 Å². The van der Waals surface area contributed by atoms with E-state index in [1.165, 1.54) is 0 Å². The smallest absolute Gasteiger partial charge is 0.338 e. The van der Waals surface area contributed by atoms with Crippen LogP contribution < -0.4 is 5.73 Å². The molecular weight excluding hydrogens is 298 g/mol. The van der Waals surface area contributed by atoms with Crippen LogP contribution in [-0.4, -0.2) is 11.1 Å². The molecule has 0 saturated heterocycles. The summed E-state index contributed by atoms with van der Waals surface area (Å²) < 4.78 is 0. The molecule has 0 bridgehead atoms. The zero-order chi connectivity index (χ0) is 16.9. The van der Waals surface area contributed by atoms with Crippen molar-refractivity contribution in [1.29, 1.82) is 0 Å². The van der Waals surface area contributed by atoms with E-state index in [0.717, 1.165) is 22.3 Å². The summed E-state index contributed by atoms with van der Waals surface area (Å²) >= 11 is 0. The van der Waals surface area contributed by atoms with Gasteiger partial charge < -0.3 is 10.8 Å². The lowest BCUT2D eigenvalue weighted by Gasteiger charge is -2.14. The predicted molar refractivity (Wildman–Crippen MR) is 96.3 cm³/mol. The molecule has 3 rings (SSSR count). The van der Waals surface area contributed by atoms with E-state index < -0.39 is 5.97 Å². The maximum absolute atomic E-state index is 11.8. The topological polar surface area (TPSA) is 63.3 Å². The molecule has 0 unspecified atom stereocenters. The molecule has 0 aromatic heterocycles. The van der Waals surface area contributed by atoms with Gasteiger partial charge in [0.1, 0.15) is 0 Å². The first-order chi connectivity index (χ1) is 11.6. The molecule has 0 heterocycles. The van der Waals surface area contributed by atoms with Crippen LogP contribution in [0.2, 0.25) is 0 Å². The number of nitrogens with two attached hydrogens (primary N) is 1. The quantitative estimate of drug-likeness (QED) is 0.695. The average molecular weight is 317 g/mol. The van der Waals surface area contributed by atoms with Gasteiger partial charge in [-0.2, -0.15) is 0 Å². The van der Waals surface area contributed by atoms with Crippen molar-refractivity contribution in [2.45, 2.75) is 12.8 Å². The SMILES string of the molecule is Nc1c(Cc2ccccc2)ccc(Cc2ccccc2)c1C(=O)O. The highest BCUT2D eigenvalue weighted by atomic mass is 16.4. The fourth-order valence-electron chi connectivity index (χ4n) is 2.89. The maximum Gasteiger partial charge on any atom is 0.338 e. The highest BCUT2D eigenvalue weighted by Gasteiger charge is 2.17. The third-order valence-corrected chi connectivity index (χ3v) is 4.11. The summed E-state index contributed by atoms with van der Waals surface area (Å²) in [6.07, 6.45) is 1.18. The fourth-order valence-corrected chi connectivity index (χ4v) is 2.89. The summed E-state index contributed by atoms with van der Waals surface area (Å²) in [6, 6.07) is 23.5. The summed E-state index contributed by atoms with van der Waals surface area (Å²) in [5, 5.41) is 9.64. The summed E-state index contributed by atoms with van der Waals surface area (Å²) in [5.74, 6) is -0.978. The minimum atomic E-state index is -0.978. The Kier molecular flexibility index (Phi) is 4.62. The van der Waals surface area contributed by atoms with E-state index in [4.69, 9.17) is 5.73 Å². The zero-order valence-electron chi connectivity index (χ0n) is 13.3. The molecule has 0 radical (unpaired) electrons. The van der Waals surface area contributed by atoms with Crippen LogP contribution in [0, 0.1) is 0 Å². The van der Waals surface area contributed by atoms with Gasteiger partial charge in [0.2, 0.25) is 0 Å². The molecule has 120 valence electrons. The Morgan fingerprint density at radius 1 is 0.750 bits per heavy atom. The Balaban J connectivity index is 1.97. The van der Waals surface area contributed by atoms with E-state index in [2.05, 4.69) is 0 Å². The van der Waals surface area contributed by atoms with Gasteiger partial charge >= 0.3 is 5.97 Å². The Morgan fingerprint density at radius 3 is 1.71 bits per heavy atom. The van der Waals surface area contributed by atoms with Crippen molar-refractivity contribution in [3.05, 3.63) is 101 Å². The maximum atomic E-state index is 11.8. The summed E-state index contributed by atoms with van der Waals surface area (Å²) in [7, 11) is 0. The molecule has 0 fully saturated rings. The first-order valence-corrected chi connectivity index (χ1v) is 7.86. The molecule has 3 heteroatoms. The lowest BCUT2D eigenvalue weighted by Crippen LogP contribution is -2.10. The number of carbonyl (C=O) groups is 1. The standard InChI is InChI=1S/C21H19NO2/c22-20-18(14-16-9-5-2-6-10-16)12-11-17(19(20)21(23)24)13-15-7-3-1-4-8-15/h1-12H,13-14,22H2,(H,23,24). The second kappa shape index (κ2) is 7.01. The summed E-state index contributed by atoms with van der Waals surface area (Å²) in [4.78, 5) is 11.8. The van der Waals surface area contributed by atoms with Gasteiger partial charge in [0.25, 0.3) is 0 Å². The van der Waals surface area contributed by atoms with Crippen molar-refractivity contribution in [2.75, 3.05) is 5.73 Å². The molecule has 0 atom stereocenters. The van der Waals surface area contributed by atoms with Gasteiger partial charge in [-0.1, -0.05) is 72.8 Å². The first kappa shape index (κ1) is 15.8. The van der Waals surface area contributed by atoms with Gasteiger partial charge in [-0.25, -0.2) is 4.79 Å². The number of rotatable bonds is 5. The van der Waals surface area contributed by atoms with Gasteiger partial charge in [0, 0.05) is 5.69 Å². The van der Waals surface area contributed by atoms with Gasteiger partial charge in [0.05, 0.1) is 5.56 Å². The average Bonchev–Trinajstić information content (AvgIpc) is 2.59. The number of hydrogen-bond donors (Lipinski definition) is 2. The minimum Gasteiger partial charge on any atom is -0.478 e. The Bertz CT molecular complexity index is 842. The lowest BCUT2D eigenvalue weighted by molar-refractivity contribution is 0.0697. The Labute approximate surface area is 141 Å². The van der Waals surface area contributed by atoms with Gasteiger partial charge in [-0.05, 0) is 35.1 Å². The number of carboxylic acid groups (broad SMARTS) is 1. The van der Waals surface area contributed by atoms with Crippen LogP contribution in [0.15, 0.2) is 72.8 Å². The van der Waals surface area contributed by atoms with Crippen LogP contribution in [0.5, 0.6) is 0 Å². The van der Waals surface area contributed by atoms with Crippen LogP contribution in [0.1, 0.15) is 32.6 Å². The van der Waals surface area contributed by atoms with Crippen molar-refractivity contribution in [2.24, 2.45) is 0 Å². The number of hydrogen-bond acceptors (Lipinski definition) is 2. The molecule has 3 aromatic carbocycles. The van der Waals surface area contributed by atoms with E-state index in [9.17, 15) is 9.90 Å². The van der Waals surface area contributed by atoms with Gasteiger partial charge in [-0.15, -0.1) is 0 Å². The van der Waals surface area contributed by atoms with Crippen molar-refractivity contribution in [3.63, 3.8) is 0 Å². The third kappa shape index (κ3) is 3.46. The van der Waals surface area contributed by atoms with E-state index in [-0.39, 0.29) is 5.56 Å². The van der Waals surface area contributed by atoms with Crippen LogP contribution >= 0.6 is 0 Å². The molecule has 3 N–H and O–H groups in total. The van der Waals surface area contributed by atoms with E-state index in [0.29, 0.717) is 18.5 Å². The van der Waals surface area contributed by atoms with Crippen LogP contribution in [-0.2, 0) is 12.8 Å². The third-order valence-electron chi connectivity index (χ3n) is 4.11. The molecule has 0 aliphatic carbocycles. The molecular formula is C21H19NO2. The molecule has 0 aliphatic rings. The molecule has 0 amide bonds. The highest BCUT2D eigenvalue weighted by molar-refractivity contribution is 5.96. The van der Waals surface area contributed by atoms with E-state index >= 15 is 0 Å². The number of anilines is 1. The summed E-state index contributed by atoms with van der Waals surface area (Å²) in [6.45, 7) is 0. The Morgan fingerprint density at radius 2 is 1.21 bits per heavy atom. The van der Waals surface area contributed by atoms with E-state index in [1.54, 1.807) is 0 Å². The van der Waals surface area contributed by atoms with Crippen molar-refractivity contribution < 1.29 is 9.90 Å². The molecule has 0 saturated carbocycles. The molecule has 3 aromatic rings. The van der Waals surface area contributed by atoms with Gasteiger partial charge in [-0.3, -0.25) is 0 Å². The number of benzene rings is 3. The second-order valence-corrected chi connectivity index (χ2v) is 5.80. The predicted octanol–water partition coefficient (Wildman–Crippen LogP) is 4.15. The summed E-state index contributed by atoms with van der Waals surface area (Å²) in [5.41, 5.74) is 10.5. The largest absolute Gasteiger partial charge is 0.478 e. The first-order valence-electron chi connectivity index (χ1n) is 7.86. The zero-order valence-corrected chi connectivity index (χ0v) is 13.3. The lowest BCUT2D eigenvalue weighted by atomic mass is 9.93. The van der Waals surface area contributed by atoms with Crippen molar-refractivity contribution >= 4 is 11.7 Å². The molecule has 24 heavy (non-hydrogen) atoms.